The maximum atomic E-state index is 13.6. The van der Waals surface area contributed by atoms with Gasteiger partial charge in [-0.25, -0.2) is 0 Å². The highest BCUT2D eigenvalue weighted by Gasteiger charge is 2.42. The van der Waals surface area contributed by atoms with Crippen LogP contribution in [0.3, 0.4) is 0 Å². The lowest BCUT2D eigenvalue weighted by molar-refractivity contribution is -0.141. The molecule has 4 atom stereocenters. The van der Waals surface area contributed by atoms with E-state index < -0.39 is 5.97 Å². The number of aliphatic carboxylic acids is 1. The van der Waals surface area contributed by atoms with Crippen molar-refractivity contribution in [3.05, 3.63) is 144 Å². The third kappa shape index (κ3) is 16.1. The van der Waals surface area contributed by atoms with Gasteiger partial charge in [0.15, 0.2) is 0 Å². The van der Waals surface area contributed by atoms with E-state index in [4.69, 9.17) is 5.11 Å². The van der Waals surface area contributed by atoms with E-state index >= 15 is 0 Å². The minimum absolute atomic E-state index is 0.0181. The van der Waals surface area contributed by atoms with Crippen LogP contribution in [0.1, 0.15) is 154 Å². The van der Waals surface area contributed by atoms with E-state index in [0.717, 1.165) is 64.7 Å². The summed E-state index contributed by atoms with van der Waals surface area (Å²) in [6, 6.07) is 44.7. The number of piperidine rings is 4. The number of hydrogen-bond donors (Lipinski definition) is 2. The number of rotatable bonds is 10. The maximum absolute atomic E-state index is 13.6. The molecule has 2 N–H and O–H groups in total. The van der Waals surface area contributed by atoms with Gasteiger partial charge < -0.3 is 25.1 Å². The maximum Gasteiger partial charge on any atom is 0.303 e. The predicted octanol–water partition coefficient (Wildman–Crippen LogP) is 12.1. The molecule has 0 saturated carbocycles. The lowest BCUT2D eigenvalue weighted by Crippen LogP contribution is -2.53. The van der Waals surface area contributed by atoms with Gasteiger partial charge in [-0.15, -0.1) is 0 Å². The minimum Gasteiger partial charge on any atom is -0.481 e. The number of hydrogen-bond acceptors (Lipinski definition) is 5. The molecule has 4 aromatic rings. The van der Waals surface area contributed by atoms with Gasteiger partial charge in [-0.1, -0.05) is 163 Å². The van der Waals surface area contributed by atoms with E-state index in [1.54, 1.807) is 18.7 Å². The highest BCUT2D eigenvalue weighted by atomic mass is 16.4. The largest absolute Gasteiger partial charge is 0.481 e. The summed E-state index contributed by atoms with van der Waals surface area (Å²) in [4.78, 5) is 52.5. The molecule has 0 aliphatic carbocycles. The molecule has 4 saturated heterocycles. The van der Waals surface area contributed by atoms with Crippen LogP contribution in [0, 0.1) is 34.5 Å². The predicted molar refractivity (Wildman–Crippen MR) is 288 cm³/mol. The van der Waals surface area contributed by atoms with Crippen LogP contribution in [0.5, 0.6) is 0 Å². The fraction of sp³-hybridized carbons (Fsp3) is 0.548. The highest BCUT2D eigenvalue weighted by Crippen LogP contribution is 2.44. The van der Waals surface area contributed by atoms with Crippen LogP contribution in [0.15, 0.2) is 121 Å². The summed E-state index contributed by atoms with van der Waals surface area (Å²) in [6.07, 6.45) is 8.92. The fourth-order valence-corrected chi connectivity index (χ4v) is 12.0. The standard InChI is InChI=1S/C31H42N2O2.C22H29N.C9H15NO3/c1-23(34)32-18-15-24(16-19-32)21-29(35)33-20-17-27(22-28(33)31(2,3)4)30(25-11-7-5-8-12-25)26-13-9-6-10-14-26;1-22(2,3)20-16-19(14-15-23-20)21(17-10-6-4-7-11-17)18-12-8-5-9-13-18;1-7(11)10-4-2-8(3-5-10)6-9(12)13/h5-14,24,27-28,30H,15-22H2,1-4H3;4-13,19-21,23H,14-16H2,1-3H3;8H,2-6H2,1H3,(H,12,13). The molecule has 9 heteroatoms. The van der Waals surface area contributed by atoms with E-state index in [1.165, 1.54) is 35.1 Å². The van der Waals surface area contributed by atoms with Crippen LogP contribution in [0.2, 0.25) is 0 Å². The number of amides is 3. The zero-order chi connectivity index (χ0) is 51.1. The zero-order valence-electron chi connectivity index (χ0n) is 44.4. The van der Waals surface area contributed by atoms with Crippen molar-refractivity contribution in [2.24, 2.45) is 34.5 Å². The molecule has 4 heterocycles. The van der Waals surface area contributed by atoms with Crippen LogP contribution in [0.4, 0.5) is 0 Å². The Morgan fingerprint density at radius 3 is 1.25 bits per heavy atom. The summed E-state index contributed by atoms with van der Waals surface area (Å²) < 4.78 is 0. The number of carbonyl (C=O) groups excluding carboxylic acids is 3. The monoisotopic (exact) mass is 967 g/mol. The summed E-state index contributed by atoms with van der Waals surface area (Å²) in [5, 5.41) is 12.3. The number of benzene rings is 4. The Hall–Kier alpha value is -5.28. The molecule has 0 aromatic heterocycles. The highest BCUT2D eigenvalue weighted by molar-refractivity contribution is 5.77. The van der Waals surface area contributed by atoms with Crippen molar-refractivity contribution in [2.45, 2.75) is 144 Å². The molecule has 0 spiro atoms. The average molecular weight is 967 g/mol. The molecule has 9 nitrogen and oxygen atoms in total. The zero-order valence-corrected chi connectivity index (χ0v) is 44.4. The first-order valence-corrected chi connectivity index (χ1v) is 26.8. The molecule has 71 heavy (non-hydrogen) atoms. The Morgan fingerprint density at radius 1 is 0.521 bits per heavy atom. The molecule has 384 valence electrons. The first kappa shape index (κ1) is 55.0. The molecule has 4 aliphatic heterocycles. The van der Waals surface area contributed by atoms with Gasteiger partial charge in [-0.3, -0.25) is 19.2 Å². The second-order valence-corrected chi connectivity index (χ2v) is 23.2. The Bertz CT molecular complexity index is 2160. The van der Waals surface area contributed by atoms with Gasteiger partial charge in [-0.2, -0.15) is 0 Å². The average Bonchev–Trinajstić information content (AvgIpc) is 3.35. The van der Waals surface area contributed by atoms with E-state index in [0.29, 0.717) is 66.5 Å². The Balaban J connectivity index is 0.000000195. The van der Waals surface area contributed by atoms with Gasteiger partial charge >= 0.3 is 5.97 Å². The van der Waals surface area contributed by atoms with E-state index in [2.05, 4.69) is 173 Å². The summed E-state index contributed by atoms with van der Waals surface area (Å²) >= 11 is 0. The Kier molecular flexibility index (Phi) is 20.1. The molecule has 4 fully saturated rings. The number of nitrogens with one attached hydrogen (secondary N) is 1. The molecular formula is C62H86N4O5. The van der Waals surface area contributed by atoms with E-state index in [1.807, 2.05) is 4.90 Å². The lowest BCUT2D eigenvalue weighted by atomic mass is 9.69. The molecule has 4 aliphatic rings. The topological polar surface area (TPSA) is 110 Å². The van der Waals surface area contributed by atoms with Gasteiger partial charge in [-0.05, 0) is 115 Å². The number of likely N-dealkylation sites (tertiary alicyclic amines) is 3. The SMILES string of the molecule is CC(=O)N1CCC(CC(=O)N2CCC(C(c3ccccc3)c3ccccc3)CC2C(C)(C)C)CC1.CC(=O)N1CCC(CC(=O)O)CC1.CC(C)(C)C1CC(C(c2ccccc2)c2ccccc2)CCN1. The van der Waals surface area contributed by atoms with Gasteiger partial charge in [0.2, 0.25) is 17.7 Å². The van der Waals surface area contributed by atoms with Crippen molar-refractivity contribution >= 4 is 23.7 Å². The fourth-order valence-electron chi connectivity index (χ4n) is 12.0. The third-order valence-corrected chi connectivity index (χ3v) is 16.1. The summed E-state index contributed by atoms with van der Waals surface area (Å²) in [5.41, 5.74) is 5.99. The van der Waals surface area contributed by atoms with E-state index in [-0.39, 0.29) is 35.6 Å². The van der Waals surface area contributed by atoms with Crippen molar-refractivity contribution in [1.82, 2.24) is 20.0 Å². The molecule has 4 unspecified atom stereocenters. The van der Waals surface area contributed by atoms with Gasteiger partial charge in [0.25, 0.3) is 0 Å². The van der Waals surface area contributed by atoms with Crippen LogP contribution in [0.25, 0.3) is 0 Å². The van der Waals surface area contributed by atoms with Gasteiger partial charge in [0.1, 0.15) is 0 Å². The van der Waals surface area contributed by atoms with Crippen molar-refractivity contribution in [2.75, 3.05) is 39.3 Å². The summed E-state index contributed by atoms with van der Waals surface area (Å²) in [7, 11) is 0. The Morgan fingerprint density at radius 2 is 0.901 bits per heavy atom. The quantitative estimate of drug-likeness (QED) is 0.164. The summed E-state index contributed by atoms with van der Waals surface area (Å²) in [5.74, 6) is 2.49. The molecule has 0 bridgehead atoms. The lowest BCUT2D eigenvalue weighted by Gasteiger charge is -2.48. The van der Waals surface area contributed by atoms with Crippen LogP contribution < -0.4 is 5.32 Å². The van der Waals surface area contributed by atoms with Gasteiger partial charge in [0.05, 0.1) is 0 Å². The number of carbonyl (C=O) groups is 4. The van der Waals surface area contributed by atoms with Crippen LogP contribution in [-0.4, -0.2) is 94.8 Å². The van der Waals surface area contributed by atoms with Crippen molar-refractivity contribution in [3.8, 4) is 0 Å². The Labute approximate surface area is 427 Å². The summed E-state index contributed by atoms with van der Waals surface area (Å²) in [6.45, 7) is 22.1. The first-order valence-electron chi connectivity index (χ1n) is 26.8. The van der Waals surface area contributed by atoms with Crippen LogP contribution >= 0.6 is 0 Å². The second-order valence-electron chi connectivity index (χ2n) is 23.2. The smallest absolute Gasteiger partial charge is 0.303 e. The number of carboxylic acids is 1. The number of carboxylic acid groups (broad SMARTS) is 1. The van der Waals surface area contributed by atoms with Crippen molar-refractivity contribution in [1.29, 1.82) is 0 Å². The van der Waals surface area contributed by atoms with E-state index in [9.17, 15) is 19.2 Å². The third-order valence-electron chi connectivity index (χ3n) is 16.1. The molecular weight excluding hydrogens is 881 g/mol. The van der Waals surface area contributed by atoms with Crippen molar-refractivity contribution < 1.29 is 24.3 Å². The normalized spacial score (nSPS) is 21.4. The minimum atomic E-state index is -0.735. The molecule has 0 radical (unpaired) electrons. The van der Waals surface area contributed by atoms with Crippen molar-refractivity contribution in [3.63, 3.8) is 0 Å². The number of nitrogens with zero attached hydrogens (tertiary/aromatic N) is 3. The molecule has 8 rings (SSSR count). The van der Waals surface area contributed by atoms with Crippen LogP contribution in [-0.2, 0) is 19.2 Å². The van der Waals surface area contributed by atoms with Gasteiger partial charge in [0, 0.05) is 83.3 Å². The second kappa shape index (κ2) is 25.9. The molecule has 3 amide bonds. The first-order chi connectivity index (χ1) is 33.9. The molecule has 4 aromatic carbocycles.